The van der Waals surface area contributed by atoms with Gasteiger partial charge in [-0.3, -0.25) is 5.01 Å². The Morgan fingerprint density at radius 2 is 2.11 bits per heavy atom. The van der Waals surface area contributed by atoms with Gasteiger partial charge in [0, 0.05) is 36.5 Å². The Hall–Kier alpha value is -0.400. The number of anilines is 1. The largest absolute Gasteiger partial charge is 0.384 e. The Labute approximate surface area is 122 Å². The topological polar surface area (TPSA) is 39.6 Å². The molecule has 0 radical (unpaired) electrons. The van der Waals surface area contributed by atoms with Crippen molar-refractivity contribution in [3.8, 4) is 0 Å². The normalized spacial score (nSPS) is 26.8. The number of nitrogens with zero attached hydrogens (tertiary/aromatic N) is 3. The number of hydrogen-bond acceptors (Lipinski definition) is 4. The highest BCUT2D eigenvalue weighted by molar-refractivity contribution is 14.1. The lowest BCUT2D eigenvalue weighted by atomic mass is 9.94. The van der Waals surface area contributed by atoms with Crippen molar-refractivity contribution < 1.29 is 5.11 Å². The first-order chi connectivity index (χ1) is 8.50. The lowest BCUT2D eigenvalue weighted by Crippen LogP contribution is -2.33. The van der Waals surface area contributed by atoms with E-state index in [9.17, 15) is 5.11 Å². The summed E-state index contributed by atoms with van der Waals surface area (Å²) in [6.45, 7) is 2.87. The Morgan fingerprint density at radius 3 is 2.89 bits per heavy atom. The monoisotopic (exact) mass is 361 g/mol. The highest BCUT2D eigenvalue weighted by Crippen LogP contribution is 2.28. The van der Waals surface area contributed by atoms with Crippen molar-refractivity contribution >= 4 is 28.7 Å². The third kappa shape index (κ3) is 3.13. The van der Waals surface area contributed by atoms with Crippen LogP contribution in [0.15, 0.2) is 18.2 Å². The first kappa shape index (κ1) is 14.0. The number of aliphatic hydroxyl groups is 1. The van der Waals surface area contributed by atoms with Crippen molar-refractivity contribution in [1.82, 2.24) is 8.21 Å². The molecule has 5 heteroatoms. The minimum Gasteiger partial charge on any atom is -0.384 e. The van der Waals surface area contributed by atoms with Gasteiger partial charge in [-0.15, -0.1) is 0 Å². The summed E-state index contributed by atoms with van der Waals surface area (Å²) in [5, 5.41) is 12.5. The quantitative estimate of drug-likeness (QED) is 0.570. The molecule has 1 aliphatic rings. The van der Waals surface area contributed by atoms with Crippen molar-refractivity contribution in [2.24, 2.45) is 0 Å². The van der Waals surface area contributed by atoms with Crippen LogP contribution < -0.4 is 5.01 Å². The Bertz CT molecular complexity index is 411. The van der Waals surface area contributed by atoms with Crippen LogP contribution in [0.3, 0.4) is 0 Å². The van der Waals surface area contributed by atoms with Gasteiger partial charge >= 0.3 is 0 Å². The molecule has 0 spiro atoms. The van der Waals surface area contributed by atoms with E-state index >= 15 is 0 Å². The van der Waals surface area contributed by atoms with E-state index in [4.69, 9.17) is 0 Å². The van der Waals surface area contributed by atoms with E-state index in [1.807, 2.05) is 37.2 Å². The van der Waals surface area contributed by atoms with E-state index in [1.54, 1.807) is 0 Å². The van der Waals surface area contributed by atoms with E-state index in [-0.39, 0.29) is 0 Å². The second-order valence-electron chi connectivity index (χ2n) is 5.05. The molecule has 0 aromatic carbocycles. The fourth-order valence-corrected chi connectivity index (χ4v) is 2.74. The molecule has 0 amide bonds. The maximum absolute atomic E-state index is 10.5. The molecule has 1 aliphatic heterocycles. The molecule has 0 fully saturated rings. The Morgan fingerprint density at radius 1 is 1.33 bits per heavy atom. The summed E-state index contributed by atoms with van der Waals surface area (Å²) >= 11 is 2.31. The molecule has 4 nitrogen and oxygen atoms in total. The summed E-state index contributed by atoms with van der Waals surface area (Å²) in [7, 11) is 2.01. The molecule has 0 saturated heterocycles. The number of halogens is 1. The molecule has 2 rings (SSSR count). The van der Waals surface area contributed by atoms with Crippen LogP contribution in [0.2, 0.25) is 0 Å². The van der Waals surface area contributed by atoms with Crippen LogP contribution in [-0.4, -0.2) is 26.9 Å². The maximum atomic E-state index is 10.5. The van der Waals surface area contributed by atoms with Gasteiger partial charge in [0.1, 0.15) is 11.4 Å². The zero-order valence-corrected chi connectivity index (χ0v) is 13.1. The molecular formula is C13H20IN3O. The van der Waals surface area contributed by atoms with Crippen molar-refractivity contribution in [3.63, 3.8) is 0 Å². The second-order valence-corrected chi connectivity index (χ2v) is 6.16. The molecule has 2 bridgehead atoms. The number of pyridine rings is 1. The molecule has 1 atom stereocenters. The standard InChI is InChI=1S/C13H20IN3O/c1-13(18)9-4-3-5-10-17(14)16(2)12-8-6-7-11(13)15-12/h6-8,18H,3-5,9-10H2,1-2H3. The maximum Gasteiger partial charge on any atom is 0.143 e. The lowest BCUT2D eigenvalue weighted by molar-refractivity contribution is 0.0407. The van der Waals surface area contributed by atoms with Crippen molar-refractivity contribution in [1.29, 1.82) is 0 Å². The van der Waals surface area contributed by atoms with Gasteiger partial charge in [-0.2, -0.15) is 3.22 Å². The summed E-state index contributed by atoms with van der Waals surface area (Å²) < 4.78 is 2.14. The van der Waals surface area contributed by atoms with Crippen LogP contribution >= 0.6 is 22.9 Å². The smallest absolute Gasteiger partial charge is 0.143 e. The van der Waals surface area contributed by atoms with Crippen molar-refractivity contribution in [3.05, 3.63) is 23.9 Å². The van der Waals surface area contributed by atoms with Gasteiger partial charge in [0.05, 0.1) is 5.69 Å². The Kier molecular flexibility index (Phi) is 4.45. The molecule has 0 aliphatic carbocycles. The molecule has 1 unspecified atom stereocenters. The number of hydrazine groups is 1. The SMILES string of the molecule is CN1c2cccc(n2)C(C)(O)CCCCCN1I. The highest BCUT2D eigenvalue weighted by Gasteiger charge is 2.25. The molecule has 1 aromatic heterocycles. The average Bonchev–Trinajstić information content (AvgIpc) is 2.37. The van der Waals surface area contributed by atoms with Gasteiger partial charge in [-0.05, 0) is 31.9 Å². The number of fused-ring (bicyclic) bond motifs is 2. The zero-order chi connectivity index (χ0) is 13.2. The molecule has 1 aromatic rings. The molecule has 0 saturated carbocycles. The lowest BCUT2D eigenvalue weighted by Gasteiger charge is -2.28. The van der Waals surface area contributed by atoms with Crippen LogP contribution in [0, 0.1) is 0 Å². The van der Waals surface area contributed by atoms with E-state index in [1.165, 1.54) is 0 Å². The van der Waals surface area contributed by atoms with E-state index < -0.39 is 5.60 Å². The summed E-state index contributed by atoms with van der Waals surface area (Å²) in [6.07, 6.45) is 4.08. The molecule has 18 heavy (non-hydrogen) atoms. The van der Waals surface area contributed by atoms with Crippen LogP contribution in [0.1, 0.15) is 38.3 Å². The average molecular weight is 361 g/mol. The second kappa shape index (κ2) is 5.71. The number of aromatic nitrogens is 1. The third-order valence-electron chi connectivity index (χ3n) is 3.45. The van der Waals surface area contributed by atoms with Gasteiger partial charge in [-0.25, -0.2) is 4.98 Å². The van der Waals surface area contributed by atoms with Gasteiger partial charge in [0.25, 0.3) is 0 Å². The van der Waals surface area contributed by atoms with Crippen molar-refractivity contribution in [2.75, 3.05) is 18.6 Å². The fraction of sp³-hybridized carbons (Fsp3) is 0.615. The van der Waals surface area contributed by atoms with Crippen LogP contribution in [0.5, 0.6) is 0 Å². The van der Waals surface area contributed by atoms with Gasteiger partial charge in [0.15, 0.2) is 0 Å². The first-order valence-electron chi connectivity index (χ1n) is 6.37. The Balaban J connectivity index is 2.36. The molecular weight excluding hydrogens is 341 g/mol. The van der Waals surface area contributed by atoms with Gasteiger partial charge in [0.2, 0.25) is 0 Å². The minimum absolute atomic E-state index is 0.763. The number of rotatable bonds is 0. The third-order valence-corrected chi connectivity index (χ3v) is 4.58. The minimum atomic E-state index is -0.822. The van der Waals surface area contributed by atoms with E-state index in [0.29, 0.717) is 0 Å². The predicted molar refractivity (Wildman–Crippen MR) is 81.4 cm³/mol. The van der Waals surface area contributed by atoms with E-state index in [0.717, 1.165) is 43.7 Å². The highest BCUT2D eigenvalue weighted by atomic mass is 127. The molecule has 2 heterocycles. The number of hydrogen-bond donors (Lipinski definition) is 1. The van der Waals surface area contributed by atoms with E-state index in [2.05, 4.69) is 31.1 Å². The van der Waals surface area contributed by atoms with Gasteiger partial charge < -0.3 is 5.11 Å². The van der Waals surface area contributed by atoms with Crippen molar-refractivity contribution in [2.45, 2.75) is 38.2 Å². The molecule has 100 valence electrons. The zero-order valence-electron chi connectivity index (χ0n) is 10.9. The first-order valence-corrected chi connectivity index (χ1v) is 7.34. The van der Waals surface area contributed by atoms with Crippen LogP contribution in [-0.2, 0) is 5.60 Å². The molecule has 1 N–H and O–H groups in total. The predicted octanol–water partition coefficient (Wildman–Crippen LogP) is 2.87. The van der Waals surface area contributed by atoms with Crippen LogP contribution in [0.25, 0.3) is 0 Å². The summed E-state index contributed by atoms with van der Waals surface area (Å²) in [5.41, 5.74) is -0.0596. The summed E-state index contributed by atoms with van der Waals surface area (Å²) in [6, 6.07) is 5.85. The fourth-order valence-electron chi connectivity index (χ4n) is 2.18. The summed E-state index contributed by atoms with van der Waals surface area (Å²) in [5.74, 6) is 0.879. The summed E-state index contributed by atoms with van der Waals surface area (Å²) in [4.78, 5) is 4.59. The van der Waals surface area contributed by atoms with Crippen LogP contribution in [0.4, 0.5) is 5.82 Å². The van der Waals surface area contributed by atoms with Gasteiger partial charge in [-0.1, -0.05) is 18.9 Å².